The maximum absolute atomic E-state index is 12.9. The third-order valence-electron chi connectivity index (χ3n) is 4.91. The molecule has 0 saturated heterocycles. The number of carbonyl (C=O) groups excluding carboxylic acids is 2. The van der Waals surface area contributed by atoms with Gasteiger partial charge < -0.3 is 24.3 Å². The minimum Gasteiger partial charge on any atom is -0.497 e. The first kappa shape index (κ1) is 22.5. The highest BCUT2D eigenvalue weighted by atomic mass is 16.5. The van der Waals surface area contributed by atoms with Crippen LogP contribution in [0.1, 0.15) is 27.6 Å². The van der Waals surface area contributed by atoms with Crippen molar-refractivity contribution in [2.75, 3.05) is 7.11 Å². The molecule has 2 aromatic heterocycles. The molecule has 2 heterocycles. The van der Waals surface area contributed by atoms with Gasteiger partial charge in [0.15, 0.2) is 0 Å². The van der Waals surface area contributed by atoms with E-state index in [2.05, 4.69) is 20.8 Å². The zero-order valence-corrected chi connectivity index (χ0v) is 18.6. The van der Waals surface area contributed by atoms with Crippen LogP contribution in [0.5, 0.6) is 5.75 Å². The SMILES string of the molecule is COc1cccc(-c2noc(CNC(=O)/C(=C/c3ccco3)NC(=O)c3ccccc3C)n2)c1. The number of hydrogen-bond acceptors (Lipinski definition) is 7. The second kappa shape index (κ2) is 10.3. The monoisotopic (exact) mass is 458 g/mol. The molecule has 0 aliphatic heterocycles. The van der Waals surface area contributed by atoms with Crippen LogP contribution in [0.2, 0.25) is 0 Å². The summed E-state index contributed by atoms with van der Waals surface area (Å²) in [6.45, 7) is 1.78. The predicted molar refractivity (Wildman–Crippen MR) is 123 cm³/mol. The Bertz CT molecular complexity index is 1320. The lowest BCUT2D eigenvalue weighted by molar-refractivity contribution is -0.118. The molecule has 0 aliphatic carbocycles. The summed E-state index contributed by atoms with van der Waals surface area (Å²) < 4.78 is 15.8. The van der Waals surface area contributed by atoms with Crippen LogP contribution in [0.4, 0.5) is 0 Å². The maximum Gasteiger partial charge on any atom is 0.268 e. The van der Waals surface area contributed by atoms with E-state index in [0.717, 1.165) is 5.56 Å². The highest BCUT2D eigenvalue weighted by Crippen LogP contribution is 2.21. The lowest BCUT2D eigenvalue weighted by atomic mass is 10.1. The van der Waals surface area contributed by atoms with Gasteiger partial charge >= 0.3 is 0 Å². The fourth-order valence-electron chi connectivity index (χ4n) is 3.15. The molecule has 4 aromatic rings. The van der Waals surface area contributed by atoms with Crippen molar-refractivity contribution in [3.05, 3.63) is 95.4 Å². The molecule has 0 unspecified atom stereocenters. The molecule has 172 valence electrons. The molecule has 9 nitrogen and oxygen atoms in total. The fraction of sp³-hybridized carbons (Fsp3) is 0.120. The molecule has 0 saturated carbocycles. The topological polar surface area (TPSA) is 119 Å². The number of nitrogens with one attached hydrogen (secondary N) is 2. The number of carbonyl (C=O) groups is 2. The van der Waals surface area contributed by atoms with Gasteiger partial charge in [0.2, 0.25) is 11.7 Å². The lowest BCUT2D eigenvalue weighted by Gasteiger charge is -2.11. The molecule has 0 radical (unpaired) electrons. The Morgan fingerprint density at radius 2 is 1.94 bits per heavy atom. The number of benzene rings is 2. The van der Waals surface area contributed by atoms with Crippen molar-refractivity contribution < 1.29 is 23.3 Å². The molecule has 0 spiro atoms. The minimum absolute atomic E-state index is 0.00994. The number of rotatable bonds is 8. The van der Waals surface area contributed by atoms with E-state index >= 15 is 0 Å². The van der Waals surface area contributed by atoms with Crippen LogP contribution in [0.3, 0.4) is 0 Å². The van der Waals surface area contributed by atoms with Crippen molar-refractivity contribution in [1.29, 1.82) is 0 Å². The number of hydrogen-bond donors (Lipinski definition) is 2. The molecule has 0 atom stereocenters. The molecule has 4 rings (SSSR count). The number of furan rings is 1. The van der Waals surface area contributed by atoms with Crippen molar-refractivity contribution in [2.45, 2.75) is 13.5 Å². The van der Waals surface area contributed by atoms with E-state index in [1.54, 1.807) is 37.4 Å². The second-order valence-corrected chi connectivity index (χ2v) is 7.27. The highest BCUT2D eigenvalue weighted by Gasteiger charge is 2.18. The van der Waals surface area contributed by atoms with Crippen LogP contribution in [0, 0.1) is 6.92 Å². The van der Waals surface area contributed by atoms with Crippen LogP contribution in [-0.2, 0) is 11.3 Å². The third-order valence-corrected chi connectivity index (χ3v) is 4.91. The zero-order valence-electron chi connectivity index (χ0n) is 18.6. The Balaban J connectivity index is 1.47. The molecule has 0 aliphatic rings. The molecule has 34 heavy (non-hydrogen) atoms. The smallest absolute Gasteiger partial charge is 0.268 e. The van der Waals surface area contributed by atoms with Gasteiger partial charge in [-0.15, -0.1) is 0 Å². The average molecular weight is 458 g/mol. The van der Waals surface area contributed by atoms with E-state index in [1.165, 1.54) is 12.3 Å². The summed E-state index contributed by atoms with van der Waals surface area (Å²) in [6, 6.07) is 17.7. The van der Waals surface area contributed by atoms with Crippen molar-refractivity contribution in [3.8, 4) is 17.1 Å². The Labute approximate surface area is 195 Å². The molecule has 2 aromatic carbocycles. The number of aryl methyl sites for hydroxylation is 1. The van der Waals surface area contributed by atoms with Crippen LogP contribution in [0.15, 0.2) is 81.6 Å². The number of ether oxygens (including phenoxy) is 1. The van der Waals surface area contributed by atoms with E-state index in [4.69, 9.17) is 13.7 Å². The molecule has 2 amide bonds. The summed E-state index contributed by atoms with van der Waals surface area (Å²) in [5, 5.41) is 9.30. The Morgan fingerprint density at radius 1 is 1.09 bits per heavy atom. The summed E-state index contributed by atoms with van der Waals surface area (Å²) in [4.78, 5) is 30.0. The quantitative estimate of drug-likeness (QED) is 0.386. The van der Waals surface area contributed by atoms with Crippen LogP contribution < -0.4 is 15.4 Å². The minimum atomic E-state index is -0.542. The summed E-state index contributed by atoms with van der Waals surface area (Å²) >= 11 is 0. The van der Waals surface area contributed by atoms with Crippen LogP contribution >= 0.6 is 0 Å². The normalized spacial score (nSPS) is 11.2. The summed E-state index contributed by atoms with van der Waals surface area (Å²) in [7, 11) is 1.57. The summed E-state index contributed by atoms with van der Waals surface area (Å²) in [5.41, 5.74) is 1.97. The Kier molecular flexibility index (Phi) is 6.83. The largest absolute Gasteiger partial charge is 0.497 e. The summed E-state index contributed by atoms with van der Waals surface area (Å²) in [6.07, 6.45) is 2.92. The maximum atomic E-state index is 12.9. The lowest BCUT2D eigenvalue weighted by Crippen LogP contribution is -2.34. The molecule has 0 fully saturated rings. The first-order chi connectivity index (χ1) is 16.5. The van der Waals surface area contributed by atoms with E-state index in [9.17, 15) is 9.59 Å². The van der Waals surface area contributed by atoms with Crippen molar-refractivity contribution in [1.82, 2.24) is 20.8 Å². The van der Waals surface area contributed by atoms with Gasteiger partial charge in [0.05, 0.1) is 19.9 Å². The highest BCUT2D eigenvalue weighted by molar-refractivity contribution is 6.05. The van der Waals surface area contributed by atoms with Gasteiger partial charge in [-0.05, 0) is 42.8 Å². The van der Waals surface area contributed by atoms with Crippen molar-refractivity contribution >= 4 is 17.9 Å². The molecular formula is C25H22N4O5. The Hall–Kier alpha value is -4.66. The number of methoxy groups -OCH3 is 1. The van der Waals surface area contributed by atoms with E-state index in [0.29, 0.717) is 28.5 Å². The van der Waals surface area contributed by atoms with Crippen LogP contribution in [-0.4, -0.2) is 29.1 Å². The predicted octanol–water partition coefficient (Wildman–Crippen LogP) is 3.73. The molecule has 0 bridgehead atoms. The van der Waals surface area contributed by atoms with Crippen molar-refractivity contribution in [3.63, 3.8) is 0 Å². The van der Waals surface area contributed by atoms with E-state index < -0.39 is 11.8 Å². The second-order valence-electron chi connectivity index (χ2n) is 7.27. The first-order valence-electron chi connectivity index (χ1n) is 10.4. The summed E-state index contributed by atoms with van der Waals surface area (Å²) in [5.74, 6) is 0.683. The van der Waals surface area contributed by atoms with E-state index in [-0.39, 0.29) is 18.1 Å². The molecule has 2 N–H and O–H groups in total. The average Bonchev–Trinajstić information content (AvgIpc) is 3.55. The number of amides is 2. The van der Waals surface area contributed by atoms with Gasteiger partial charge in [0.1, 0.15) is 17.2 Å². The Morgan fingerprint density at radius 3 is 2.71 bits per heavy atom. The van der Waals surface area contributed by atoms with Gasteiger partial charge in [-0.3, -0.25) is 9.59 Å². The number of nitrogens with zero attached hydrogens (tertiary/aromatic N) is 2. The first-order valence-corrected chi connectivity index (χ1v) is 10.4. The van der Waals surface area contributed by atoms with Gasteiger partial charge in [0, 0.05) is 17.2 Å². The van der Waals surface area contributed by atoms with E-state index in [1.807, 2.05) is 37.3 Å². The third kappa shape index (κ3) is 5.39. The molecular weight excluding hydrogens is 436 g/mol. The van der Waals surface area contributed by atoms with Gasteiger partial charge in [-0.25, -0.2) is 0 Å². The molecule has 9 heteroatoms. The van der Waals surface area contributed by atoms with Gasteiger partial charge in [-0.2, -0.15) is 4.98 Å². The van der Waals surface area contributed by atoms with Crippen molar-refractivity contribution in [2.24, 2.45) is 0 Å². The standard InChI is InChI=1S/C25H22N4O5/c1-16-7-3-4-11-20(16)24(30)27-21(14-19-10-6-12-33-19)25(31)26-15-22-28-23(29-34-22)17-8-5-9-18(13-17)32-2/h3-14H,15H2,1-2H3,(H,26,31)(H,27,30)/b21-14-. The fourth-order valence-corrected chi connectivity index (χ4v) is 3.15. The zero-order chi connectivity index (χ0) is 23.9. The van der Waals surface area contributed by atoms with Gasteiger partial charge in [-0.1, -0.05) is 35.5 Å². The van der Waals surface area contributed by atoms with Crippen LogP contribution in [0.25, 0.3) is 17.5 Å². The van der Waals surface area contributed by atoms with Gasteiger partial charge in [0.25, 0.3) is 11.8 Å². The number of aromatic nitrogens is 2.